The van der Waals surface area contributed by atoms with Crippen LogP contribution in [0.4, 0.5) is 14.5 Å². The van der Waals surface area contributed by atoms with E-state index in [2.05, 4.69) is 16.6 Å². The normalized spacial score (nSPS) is 17.4. The lowest BCUT2D eigenvalue weighted by molar-refractivity contribution is -0.164. The highest BCUT2D eigenvalue weighted by Gasteiger charge is 2.50. The van der Waals surface area contributed by atoms with E-state index in [1.54, 1.807) is 23.1 Å². The molecule has 1 aliphatic carbocycles. The number of carbonyl (C=O) groups excluding carboxylic acids is 1. The minimum Gasteiger partial charge on any atom is -0.463 e. The molecule has 0 spiro atoms. The highest BCUT2D eigenvalue weighted by atomic mass is 32.2. The number of nitrogens with zero attached hydrogens (tertiary/aromatic N) is 1. The summed E-state index contributed by atoms with van der Waals surface area (Å²) < 4.78 is 34.9. The van der Waals surface area contributed by atoms with Crippen molar-refractivity contribution in [3.05, 3.63) is 64.5 Å². The van der Waals surface area contributed by atoms with Crippen LogP contribution >= 0.6 is 11.9 Å². The average Bonchev–Trinajstić information content (AvgIpc) is 2.77. The van der Waals surface area contributed by atoms with Gasteiger partial charge in [0.1, 0.15) is 11.8 Å². The van der Waals surface area contributed by atoms with Gasteiger partial charge in [-0.25, -0.2) is 8.78 Å². The maximum absolute atomic E-state index is 13.0. The SMILES string of the molecule is CSNc1ccc(-c2coc3cc(C#CC4CN(C(=O)C5CC(F)(F)C5)C4)ccc3c2=O)cc1. The third kappa shape index (κ3) is 4.40. The molecule has 2 heterocycles. The molecule has 2 aliphatic rings. The minimum absolute atomic E-state index is 0.0122. The predicted molar refractivity (Wildman–Crippen MR) is 130 cm³/mol. The zero-order valence-corrected chi connectivity index (χ0v) is 19.3. The second kappa shape index (κ2) is 8.80. The van der Waals surface area contributed by atoms with E-state index in [0.29, 0.717) is 35.2 Å². The smallest absolute Gasteiger partial charge is 0.249 e. The number of alkyl halides is 2. The molecule has 1 saturated carbocycles. The first-order chi connectivity index (χ1) is 16.3. The van der Waals surface area contributed by atoms with Crippen molar-refractivity contribution in [3.63, 3.8) is 0 Å². The van der Waals surface area contributed by atoms with Crippen LogP contribution in [0.3, 0.4) is 0 Å². The van der Waals surface area contributed by atoms with Gasteiger partial charge in [0.05, 0.1) is 16.9 Å². The van der Waals surface area contributed by atoms with Crippen molar-refractivity contribution in [3.8, 4) is 23.0 Å². The summed E-state index contributed by atoms with van der Waals surface area (Å²) in [6.07, 6.45) is 2.72. The van der Waals surface area contributed by atoms with E-state index in [-0.39, 0.29) is 30.1 Å². The zero-order valence-electron chi connectivity index (χ0n) is 18.4. The van der Waals surface area contributed by atoms with Crippen molar-refractivity contribution in [2.24, 2.45) is 11.8 Å². The summed E-state index contributed by atoms with van der Waals surface area (Å²) in [5.74, 6) is 2.78. The van der Waals surface area contributed by atoms with Crippen molar-refractivity contribution in [1.82, 2.24) is 4.90 Å². The molecule has 1 amide bonds. The number of nitrogens with one attached hydrogen (secondary N) is 1. The number of benzene rings is 2. The largest absolute Gasteiger partial charge is 0.463 e. The van der Waals surface area contributed by atoms with Crippen LogP contribution in [0.25, 0.3) is 22.1 Å². The molecule has 0 radical (unpaired) electrons. The zero-order chi connectivity index (χ0) is 23.9. The first kappa shape index (κ1) is 22.5. The van der Waals surface area contributed by atoms with Gasteiger partial charge in [-0.1, -0.05) is 35.9 Å². The summed E-state index contributed by atoms with van der Waals surface area (Å²) in [7, 11) is 0. The number of hydrogen-bond donors (Lipinski definition) is 1. The number of hydrogen-bond acceptors (Lipinski definition) is 5. The van der Waals surface area contributed by atoms with E-state index in [4.69, 9.17) is 4.42 Å². The number of halogens is 2. The van der Waals surface area contributed by atoms with Gasteiger partial charge in [0, 0.05) is 49.4 Å². The molecule has 34 heavy (non-hydrogen) atoms. The Morgan fingerprint density at radius 2 is 1.91 bits per heavy atom. The van der Waals surface area contributed by atoms with Gasteiger partial charge in [-0.05, 0) is 35.9 Å². The van der Waals surface area contributed by atoms with Crippen molar-refractivity contribution >= 4 is 34.5 Å². The molecule has 5 rings (SSSR count). The van der Waals surface area contributed by atoms with Gasteiger partial charge in [-0.3, -0.25) is 9.59 Å². The Bertz CT molecular complexity index is 1360. The lowest BCUT2D eigenvalue weighted by Crippen LogP contribution is -2.55. The second-order valence-corrected chi connectivity index (χ2v) is 9.36. The number of anilines is 1. The minimum atomic E-state index is -2.69. The van der Waals surface area contributed by atoms with Crippen molar-refractivity contribution in [1.29, 1.82) is 0 Å². The molecule has 2 fully saturated rings. The van der Waals surface area contributed by atoms with E-state index < -0.39 is 11.8 Å². The molecule has 8 heteroatoms. The van der Waals surface area contributed by atoms with Crippen LogP contribution in [0.5, 0.6) is 0 Å². The van der Waals surface area contributed by atoms with Gasteiger partial charge in [-0.15, -0.1) is 0 Å². The Hall–Kier alpha value is -3.31. The van der Waals surface area contributed by atoms with Crippen LogP contribution in [-0.4, -0.2) is 36.1 Å². The molecular weight excluding hydrogens is 458 g/mol. The Balaban J connectivity index is 1.26. The molecule has 1 N–H and O–H groups in total. The summed E-state index contributed by atoms with van der Waals surface area (Å²) in [6, 6.07) is 12.8. The van der Waals surface area contributed by atoms with E-state index in [1.165, 1.54) is 18.2 Å². The van der Waals surface area contributed by atoms with Gasteiger partial charge in [0.2, 0.25) is 11.8 Å². The number of carbonyl (C=O) groups is 1. The summed E-state index contributed by atoms with van der Waals surface area (Å²) >= 11 is 1.50. The average molecular weight is 481 g/mol. The lowest BCUT2D eigenvalue weighted by atomic mass is 9.79. The highest BCUT2D eigenvalue weighted by Crippen LogP contribution is 2.43. The Morgan fingerprint density at radius 3 is 2.59 bits per heavy atom. The van der Waals surface area contributed by atoms with Gasteiger partial charge >= 0.3 is 0 Å². The molecule has 0 unspecified atom stereocenters. The van der Waals surface area contributed by atoms with Gasteiger partial charge in [0.15, 0.2) is 5.43 Å². The van der Waals surface area contributed by atoms with E-state index in [9.17, 15) is 18.4 Å². The van der Waals surface area contributed by atoms with Gasteiger partial charge in [-0.2, -0.15) is 0 Å². The molecule has 5 nitrogen and oxygen atoms in total. The first-order valence-corrected chi connectivity index (χ1v) is 12.2. The van der Waals surface area contributed by atoms with E-state index in [1.807, 2.05) is 30.5 Å². The fourth-order valence-electron chi connectivity index (χ4n) is 4.27. The monoisotopic (exact) mass is 480 g/mol. The summed E-state index contributed by atoms with van der Waals surface area (Å²) in [5, 5.41) is 0.479. The van der Waals surface area contributed by atoms with Crippen molar-refractivity contribution in [2.75, 3.05) is 24.1 Å². The molecule has 2 aromatic carbocycles. The number of likely N-dealkylation sites (tertiary alicyclic amines) is 1. The standard InChI is InChI=1S/C26H22F2N2O3S/c1-34-29-20-7-5-18(6-8-20)22-15-33-23-10-16(4-9-21(23)24(22)31)2-3-17-13-30(14-17)25(32)19-11-26(27,28)12-19/h4-10,15,17,19,29H,11-14H2,1H3. The third-order valence-corrected chi connectivity index (χ3v) is 6.68. The summed E-state index contributed by atoms with van der Waals surface area (Å²) in [4.78, 5) is 26.8. The van der Waals surface area contributed by atoms with Crippen LogP contribution in [-0.2, 0) is 4.79 Å². The molecular formula is C26H22F2N2O3S. The van der Waals surface area contributed by atoms with Crippen LogP contribution < -0.4 is 10.2 Å². The highest BCUT2D eigenvalue weighted by molar-refractivity contribution is 7.99. The Kier molecular flexibility index (Phi) is 5.82. The molecule has 3 aromatic rings. The number of amides is 1. The molecule has 1 aliphatic heterocycles. The Morgan fingerprint density at radius 1 is 1.18 bits per heavy atom. The van der Waals surface area contributed by atoms with Crippen LogP contribution in [0.2, 0.25) is 0 Å². The van der Waals surface area contributed by atoms with Gasteiger partial charge < -0.3 is 14.0 Å². The van der Waals surface area contributed by atoms with Crippen molar-refractivity contribution < 1.29 is 18.0 Å². The first-order valence-electron chi connectivity index (χ1n) is 11.0. The van der Waals surface area contributed by atoms with E-state index in [0.717, 1.165) is 11.3 Å². The number of rotatable bonds is 4. The van der Waals surface area contributed by atoms with E-state index >= 15 is 0 Å². The predicted octanol–water partition coefficient (Wildman–Crippen LogP) is 5.01. The molecule has 0 bridgehead atoms. The third-order valence-electron chi connectivity index (χ3n) is 6.24. The number of fused-ring (bicyclic) bond motifs is 1. The molecule has 0 atom stereocenters. The van der Waals surface area contributed by atoms with Crippen LogP contribution in [0.15, 0.2) is 57.9 Å². The van der Waals surface area contributed by atoms with Crippen molar-refractivity contribution in [2.45, 2.75) is 18.8 Å². The summed E-state index contributed by atoms with van der Waals surface area (Å²) in [5.41, 5.74) is 3.28. The maximum Gasteiger partial charge on any atom is 0.249 e. The van der Waals surface area contributed by atoms with Crippen LogP contribution in [0.1, 0.15) is 18.4 Å². The van der Waals surface area contributed by atoms with Gasteiger partial charge in [0.25, 0.3) is 0 Å². The topological polar surface area (TPSA) is 62.6 Å². The quantitative estimate of drug-likeness (QED) is 0.420. The second-order valence-electron chi connectivity index (χ2n) is 8.74. The lowest BCUT2D eigenvalue weighted by Gasteiger charge is -2.42. The molecule has 1 saturated heterocycles. The fourth-order valence-corrected chi connectivity index (χ4v) is 4.64. The maximum atomic E-state index is 13.0. The molecule has 174 valence electrons. The Labute approximate surface area is 199 Å². The van der Waals surface area contributed by atoms with Crippen LogP contribution in [0, 0.1) is 23.7 Å². The summed E-state index contributed by atoms with van der Waals surface area (Å²) in [6.45, 7) is 0.927. The molecule has 1 aromatic heterocycles. The fraction of sp³-hybridized carbons (Fsp3) is 0.308.